The van der Waals surface area contributed by atoms with Gasteiger partial charge in [-0.2, -0.15) is 0 Å². The number of piperidine rings is 1. The number of halogens is 2. The molecule has 3 aromatic rings. The number of esters is 1. The number of rotatable bonds is 10. The summed E-state index contributed by atoms with van der Waals surface area (Å²) in [6.45, 7) is 10.2. The van der Waals surface area contributed by atoms with Crippen molar-refractivity contribution in [3.8, 4) is 22.9 Å². The number of nitrogens with one attached hydrogen (secondary N) is 1. The van der Waals surface area contributed by atoms with Gasteiger partial charge in [0.1, 0.15) is 5.60 Å². The number of nitrogens with zero attached hydrogens (tertiary/aromatic N) is 6. The Balaban J connectivity index is 1.04. The molecule has 0 bridgehead atoms. The van der Waals surface area contributed by atoms with Crippen molar-refractivity contribution in [1.82, 2.24) is 30.1 Å². The van der Waals surface area contributed by atoms with Crippen LogP contribution in [0.3, 0.4) is 0 Å². The summed E-state index contributed by atoms with van der Waals surface area (Å²) in [5.74, 6) is 1.57. The highest BCUT2D eigenvalue weighted by atomic mass is 35.5. The Bertz CT molecular complexity index is 1750. The molecule has 0 radical (unpaired) electrons. The average Bonchev–Trinajstić information content (AvgIpc) is 3.09. The summed E-state index contributed by atoms with van der Waals surface area (Å²) in [5.41, 5.74) is 1.89. The lowest BCUT2D eigenvalue weighted by Crippen LogP contribution is -2.55. The number of hydrogen-bond acceptors (Lipinski definition) is 11. The maximum Gasteiger partial charge on any atom is 0.407 e. The topological polar surface area (TPSA) is 139 Å². The summed E-state index contributed by atoms with van der Waals surface area (Å²) in [6, 6.07) is 9.21. The largest absolute Gasteiger partial charge is 0.469 e. The summed E-state index contributed by atoms with van der Waals surface area (Å²) in [6.07, 6.45) is 6.34. The monoisotopic (exact) mass is 767 g/mol. The van der Waals surface area contributed by atoms with Gasteiger partial charge in [-0.1, -0.05) is 23.2 Å². The van der Waals surface area contributed by atoms with Crippen LogP contribution in [0.15, 0.2) is 42.7 Å². The maximum atomic E-state index is 13.1. The van der Waals surface area contributed by atoms with Crippen LogP contribution < -0.4 is 15.0 Å². The number of aromatic nitrogens is 3. The first-order valence-electron chi connectivity index (χ1n) is 18.1. The van der Waals surface area contributed by atoms with E-state index in [4.69, 9.17) is 42.4 Å². The highest BCUT2D eigenvalue weighted by Gasteiger charge is 2.39. The molecule has 15 heteroatoms. The first-order valence-corrected chi connectivity index (χ1v) is 18.9. The second-order valence-electron chi connectivity index (χ2n) is 15.0. The van der Waals surface area contributed by atoms with Gasteiger partial charge in [-0.3, -0.25) is 14.5 Å². The highest BCUT2D eigenvalue weighted by Crippen LogP contribution is 2.32. The molecular formula is C38H47Cl2N7O6. The van der Waals surface area contributed by atoms with E-state index in [9.17, 15) is 14.4 Å². The van der Waals surface area contributed by atoms with Gasteiger partial charge in [0, 0.05) is 72.8 Å². The van der Waals surface area contributed by atoms with Crippen molar-refractivity contribution in [2.24, 2.45) is 11.8 Å². The Kier molecular flexibility index (Phi) is 12.3. The molecule has 6 rings (SSSR count). The molecular weight excluding hydrogens is 721 g/mol. The Morgan fingerprint density at radius 2 is 1.57 bits per heavy atom. The van der Waals surface area contributed by atoms with E-state index in [-0.39, 0.29) is 23.8 Å². The molecule has 2 aromatic heterocycles. The Hall–Kier alpha value is -4.20. The van der Waals surface area contributed by atoms with E-state index in [0.29, 0.717) is 91.2 Å². The van der Waals surface area contributed by atoms with E-state index in [0.717, 1.165) is 37.1 Å². The zero-order chi connectivity index (χ0) is 37.7. The van der Waals surface area contributed by atoms with Crippen LogP contribution in [-0.4, -0.2) is 101 Å². The fourth-order valence-corrected chi connectivity index (χ4v) is 7.45. The minimum Gasteiger partial charge on any atom is -0.469 e. The number of piperazine rings is 1. The van der Waals surface area contributed by atoms with E-state index in [1.54, 1.807) is 18.5 Å². The molecule has 4 heterocycles. The number of likely N-dealkylation sites (tertiary alicyclic amines) is 1. The summed E-state index contributed by atoms with van der Waals surface area (Å²) >= 11 is 12.7. The molecule has 53 heavy (non-hydrogen) atoms. The van der Waals surface area contributed by atoms with Gasteiger partial charge in [-0.15, -0.1) is 0 Å². The van der Waals surface area contributed by atoms with Crippen LogP contribution in [0.5, 0.6) is 11.6 Å². The number of amides is 2. The second-order valence-corrected chi connectivity index (χ2v) is 15.9. The Morgan fingerprint density at radius 1 is 0.906 bits per heavy atom. The number of pyridine rings is 1. The number of anilines is 1. The van der Waals surface area contributed by atoms with E-state index in [2.05, 4.69) is 25.1 Å². The Labute approximate surface area is 320 Å². The second kappa shape index (κ2) is 16.9. The van der Waals surface area contributed by atoms with Crippen molar-refractivity contribution >= 4 is 47.1 Å². The lowest BCUT2D eigenvalue weighted by atomic mass is 9.79. The summed E-state index contributed by atoms with van der Waals surface area (Å²) in [7, 11) is 1.43. The molecule has 1 saturated carbocycles. The highest BCUT2D eigenvalue weighted by molar-refractivity contribution is 6.35. The fourth-order valence-electron chi connectivity index (χ4n) is 6.92. The minimum absolute atomic E-state index is 0.0444. The van der Waals surface area contributed by atoms with Crippen LogP contribution in [0.1, 0.15) is 58.4 Å². The van der Waals surface area contributed by atoms with Crippen LogP contribution in [0.25, 0.3) is 11.3 Å². The molecule has 284 valence electrons. The van der Waals surface area contributed by atoms with E-state index >= 15 is 0 Å². The van der Waals surface area contributed by atoms with Crippen LogP contribution in [-0.2, 0) is 25.6 Å². The van der Waals surface area contributed by atoms with Gasteiger partial charge < -0.3 is 29.3 Å². The van der Waals surface area contributed by atoms with Crippen LogP contribution in [0.4, 0.5) is 10.7 Å². The number of carbonyl (C=O) groups is 3. The molecule has 1 aromatic carbocycles. The molecule has 0 spiro atoms. The first-order chi connectivity index (χ1) is 25.3. The number of methoxy groups -OCH3 is 1. The molecule has 2 amide bonds. The fraction of sp³-hybridized carbons (Fsp3) is 0.526. The van der Waals surface area contributed by atoms with Crippen molar-refractivity contribution < 1.29 is 28.6 Å². The smallest absolute Gasteiger partial charge is 0.407 e. The van der Waals surface area contributed by atoms with Gasteiger partial charge in [0.05, 0.1) is 25.2 Å². The molecule has 1 N–H and O–H groups in total. The van der Waals surface area contributed by atoms with Gasteiger partial charge in [0.2, 0.25) is 17.7 Å². The van der Waals surface area contributed by atoms with Crippen molar-refractivity contribution in [2.45, 2.75) is 71.1 Å². The number of hydrogen-bond donors (Lipinski definition) is 1. The summed E-state index contributed by atoms with van der Waals surface area (Å²) < 4.78 is 16.4. The van der Waals surface area contributed by atoms with Gasteiger partial charge >= 0.3 is 12.1 Å². The third kappa shape index (κ3) is 10.7. The predicted octanol–water partition coefficient (Wildman–Crippen LogP) is 6.36. The molecule has 13 nitrogen and oxygen atoms in total. The number of alkyl carbamates (subject to hydrolysis) is 1. The minimum atomic E-state index is -0.560. The molecule has 2 saturated heterocycles. The average molecular weight is 769 g/mol. The van der Waals surface area contributed by atoms with Crippen molar-refractivity contribution in [2.75, 3.05) is 51.3 Å². The van der Waals surface area contributed by atoms with Gasteiger partial charge in [-0.25, -0.2) is 19.7 Å². The van der Waals surface area contributed by atoms with Crippen LogP contribution >= 0.6 is 23.2 Å². The SMILES string of the molecule is COC(=O)CC1CCN(Cc2cc(Oc3cnc(N4CCN(C(=O)C5CC(NC(=O)OC(C)(C)C)C5)CC4)nc3)nc(-c3cc(Cl)cc(Cl)c3)c2)CC1. The van der Waals surface area contributed by atoms with Crippen molar-refractivity contribution in [3.63, 3.8) is 0 Å². The van der Waals surface area contributed by atoms with Crippen molar-refractivity contribution in [3.05, 3.63) is 58.3 Å². The first kappa shape index (κ1) is 38.5. The van der Waals surface area contributed by atoms with Gasteiger partial charge in [0.25, 0.3) is 0 Å². The number of ether oxygens (including phenoxy) is 3. The summed E-state index contributed by atoms with van der Waals surface area (Å²) in [4.78, 5) is 57.2. The maximum absolute atomic E-state index is 13.1. The molecule has 3 fully saturated rings. The molecule has 2 aliphatic heterocycles. The van der Waals surface area contributed by atoms with Crippen LogP contribution in [0, 0.1) is 11.8 Å². The number of benzene rings is 1. The Morgan fingerprint density at radius 3 is 2.19 bits per heavy atom. The third-order valence-electron chi connectivity index (χ3n) is 9.74. The van der Waals surface area contributed by atoms with Crippen LogP contribution in [0.2, 0.25) is 10.0 Å². The molecule has 0 unspecified atom stereocenters. The van der Waals surface area contributed by atoms with Crippen molar-refractivity contribution in [1.29, 1.82) is 0 Å². The zero-order valence-electron chi connectivity index (χ0n) is 30.6. The van der Waals surface area contributed by atoms with E-state index in [1.165, 1.54) is 7.11 Å². The van der Waals surface area contributed by atoms with Gasteiger partial charge in [0.15, 0.2) is 5.75 Å². The summed E-state index contributed by atoms with van der Waals surface area (Å²) in [5, 5.41) is 3.87. The van der Waals surface area contributed by atoms with Gasteiger partial charge in [-0.05, 0) is 95.3 Å². The lowest BCUT2D eigenvalue weighted by molar-refractivity contribution is -0.142. The quantitative estimate of drug-likeness (QED) is 0.231. The number of carbonyl (C=O) groups excluding carboxylic acids is 3. The molecule has 0 atom stereocenters. The third-order valence-corrected chi connectivity index (χ3v) is 10.2. The standard InChI is InChI=1S/C38H47Cl2N7O6/c1-38(2,3)53-37(50)43-30-18-27(19-30)35(49)46-9-11-47(12-10-46)36-41-21-31(22-42-36)52-33-14-25(13-32(44-33)26-16-28(39)20-29(40)17-26)23-45-7-5-24(6-8-45)15-34(48)51-4/h13-14,16-17,20-22,24,27,30H,5-12,15,18-19,23H2,1-4H3,(H,43,50). The zero-order valence-corrected chi connectivity index (χ0v) is 32.2. The molecule has 3 aliphatic rings. The van der Waals surface area contributed by atoms with E-state index < -0.39 is 11.7 Å². The predicted molar refractivity (Wildman–Crippen MR) is 201 cm³/mol. The lowest BCUT2D eigenvalue weighted by Gasteiger charge is -2.41. The normalized spacial score (nSPS) is 19.7. The van der Waals surface area contributed by atoms with E-state index in [1.807, 2.05) is 49.9 Å². The molecule has 1 aliphatic carbocycles.